The normalized spacial score (nSPS) is 12.3. The molecule has 0 fully saturated rings. The monoisotopic (exact) mass is 294 g/mol. The van der Waals surface area contributed by atoms with Crippen LogP contribution in [0.2, 0.25) is 4.34 Å². The topological polar surface area (TPSA) is 55.1 Å². The number of carbonyl (C=O) groups is 1. The van der Waals surface area contributed by atoms with Gasteiger partial charge in [0.05, 0.1) is 4.34 Å². The van der Waals surface area contributed by atoms with Gasteiger partial charge in [-0.3, -0.25) is 4.79 Å². The molecule has 0 aliphatic rings. The van der Waals surface area contributed by atoms with E-state index in [4.69, 9.17) is 17.3 Å². The van der Waals surface area contributed by atoms with Gasteiger partial charge in [-0.1, -0.05) is 41.9 Å². The van der Waals surface area contributed by atoms with Crippen LogP contribution in [0.15, 0.2) is 42.5 Å². The van der Waals surface area contributed by atoms with E-state index in [0.717, 1.165) is 16.3 Å². The van der Waals surface area contributed by atoms with Crippen molar-refractivity contribution in [2.45, 2.75) is 12.5 Å². The standard InChI is InChI=1S/C14H15ClN2OS/c15-12-7-6-11(19-12)8-9-17-13(14(16)18)10-4-2-1-3-5-10/h1-7,13,17H,8-9H2,(H2,16,18). The van der Waals surface area contributed by atoms with Gasteiger partial charge in [-0.05, 0) is 24.1 Å². The fourth-order valence-electron chi connectivity index (χ4n) is 1.85. The second-order valence-electron chi connectivity index (χ2n) is 4.16. The van der Waals surface area contributed by atoms with Gasteiger partial charge < -0.3 is 11.1 Å². The number of hydrogen-bond donors (Lipinski definition) is 2. The van der Waals surface area contributed by atoms with E-state index in [1.54, 1.807) is 11.3 Å². The number of nitrogens with two attached hydrogens (primary N) is 1. The molecule has 0 radical (unpaired) electrons. The van der Waals surface area contributed by atoms with Crippen molar-refractivity contribution in [2.24, 2.45) is 5.73 Å². The predicted octanol–water partition coefficient (Wildman–Crippen LogP) is 2.76. The summed E-state index contributed by atoms with van der Waals surface area (Å²) in [5.74, 6) is -0.365. The molecule has 100 valence electrons. The molecule has 0 aliphatic heterocycles. The lowest BCUT2D eigenvalue weighted by molar-refractivity contribution is -0.120. The highest BCUT2D eigenvalue weighted by Gasteiger charge is 2.16. The van der Waals surface area contributed by atoms with Gasteiger partial charge in [0.15, 0.2) is 0 Å². The van der Waals surface area contributed by atoms with Crippen molar-refractivity contribution in [2.75, 3.05) is 6.54 Å². The fourth-order valence-corrected chi connectivity index (χ4v) is 2.94. The molecule has 1 aromatic heterocycles. The average Bonchev–Trinajstić information content (AvgIpc) is 2.81. The van der Waals surface area contributed by atoms with Gasteiger partial charge in [-0.15, -0.1) is 11.3 Å². The molecule has 2 aromatic rings. The largest absolute Gasteiger partial charge is 0.368 e. The SMILES string of the molecule is NC(=O)C(NCCc1ccc(Cl)s1)c1ccccc1. The highest BCUT2D eigenvalue weighted by molar-refractivity contribution is 7.16. The van der Waals surface area contributed by atoms with Crippen LogP contribution in [-0.4, -0.2) is 12.5 Å². The first kappa shape index (κ1) is 14.1. The minimum absolute atomic E-state index is 0.365. The first-order valence-corrected chi connectivity index (χ1v) is 7.18. The molecular formula is C14H15ClN2OS. The van der Waals surface area contributed by atoms with E-state index < -0.39 is 6.04 Å². The molecule has 0 saturated heterocycles. The van der Waals surface area contributed by atoms with E-state index in [1.807, 2.05) is 42.5 Å². The van der Waals surface area contributed by atoms with E-state index in [1.165, 1.54) is 4.88 Å². The highest BCUT2D eigenvalue weighted by Crippen LogP contribution is 2.21. The maximum Gasteiger partial charge on any atom is 0.239 e. The van der Waals surface area contributed by atoms with Crippen molar-refractivity contribution < 1.29 is 4.79 Å². The molecule has 1 heterocycles. The molecule has 2 rings (SSSR count). The Morgan fingerprint density at radius 2 is 2.00 bits per heavy atom. The summed E-state index contributed by atoms with van der Waals surface area (Å²) in [7, 11) is 0. The molecule has 1 amide bonds. The van der Waals surface area contributed by atoms with Gasteiger partial charge >= 0.3 is 0 Å². The van der Waals surface area contributed by atoms with Crippen molar-refractivity contribution >= 4 is 28.8 Å². The minimum atomic E-state index is -0.448. The number of hydrogen-bond acceptors (Lipinski definition) is 3. The summed E-state index contributed by atoms with van der Waals surface area (Å²) in [5.41, 5.74) is 6.32. The smallest absolute Gasteiger partial charge is 0.239 e. The Balaban J connectivity index is 1.93. The van der Waals surface area contributed by atoms with Crippen LogP contribution in [-0.2, 0) is 11.2 Å². The van der Waals surface area contributed by atoms with Crippen LogP contribution in [0.4, 0.5) is 0 Å². The number of benzene rings is 1. The Bertz CT molecular complexity index is 541. The van der Waals surface area contributed by atoms with Crippen molar-refractivity contribution in [3.8, 4) is 0 Å². The molecule has 3 N–H and O–H groups in total. The van der Waals surface area contributed by atoms with Crippen LogP contribution in [0.25, 0.3) is 0 Å². The summed E-state index contributed by atoms with van der Waals surface area (Å²) in [6, 6.07) is 12.9. The second-order valence-corrected chi connectivity index (χ2v) is 5.96. The summed E-state index contributed by atoms with van der Waals surface area (Å²) in [5, 5.41) is 3.18. The summed E-state index contributed by atoms with van der Waals surface area (Å²) in [4.78, 5) is 12.7. The number of thiophene rings is 1. The lowest BCUT2D eigenvalue weighted by Gasteiger charge is -2.15. The number of rotatable bonds is 6. The Labute approximate surface area is 121 Å². The zero-order chi connectivity index (χ0) is 13.7. The molecule has 1 atom stereocenters. The Hall–Kier alpha value is -1.36. The van der Waals surface area contributed by atoms with E-state index in [2.05, 4.69) is 5.32 Å². The molecule has 5 heteroatoms. The van der Waals surface area contributed by atoms with Crippen molar-refractivity contribution in [1.29, 1.82) is 0 Å². The number of amides is 1. The Morgan fingerprint density at radius 3 is 2.58 bits per heavy atom. The summed E-state index contributed by atoms with van der Waals surface area (Å²) < 4.78 is 0.782. The van der Waals surface area contributed by atoms with Gasteiger partial charge in [-0.25, -0.2) is 0 Å². The summed E-state index contributed by atoms with van der Waals surface area (Å²) >= 11 is 7.43. The Morgan fingerprint density at radius 1 is 1.26 bits per heavy atom. The van der Waals surface area contributed by atoms with E-state index in [0.29, 0.717) is 6.54 Å². The van der Waals surface area contributed by atoms with Crippen LogP contribution < -0.4 is 11.1 Å². The third-order valence-electron chi connectivity index (χ3n) is 2.77. The van der Waals surface area contributed by atoms with E-state index >= 15 is 0 Å². The van der Waals surface area contributed by atoms with Gasteiger partial charge in [0.1, 0.15) is 6.04 Å². The van der Waals surface area contributed by atoms with Crippen molar-refractivity contribution in [3.63, 3.8) is 0 Å². The zero-order valence-electron chi connectivity index (χ0n) is 10.3. The fraction of sp³-hybridized carbons (Fsp3) is 0.214. The van der Waals surface area contributed by atoms with Crippen molar-refractivity contribution in [3.05, 3.63) is 57.2 Å². The molecule has 0 bridgehead atoms. The second kappa shape index (κ2) is 6.70. The number of nitrogens with one attached hydrogen (secondary N) is 1. The quantitative estimate of drug-likeness (QED) is 0.861. The van der Waals surface area contributed by atoms with Gasteiger partial charge in [0.25, 0.3) is 0 Å². The van der Waals surface area contributed by atoms with Crippen LogP contribution in [0.1, 0.15) is 16.5 Å². The van der Waals surface area contributed by atoms with Gasteiger partial charge in [0.2, 0.25) is 5.91 Å². The maximum atomic E-state index is 11.5. The molecule has 0 aliphatic carbocycles. The van der Waals surface area contributed by atoms with Gasteiger partial charge in [-0.2, -0.15) is 0 Å². The molecule has 1 unspecified atom stereocenters. The van der Waals surface area contributed by atoms with E-state index in [-0.39, 0.29) is 5.91 Å². The Kier molecular flexibility index (Phi) is 4.96. The summed E-state index contributed by atoms with van der Waals surface area (Å²) in [6.07, 6.45) is 0.827. The highest BCUT2D eigenvalue weighted by atomic mass is 35.5. The first-order chi connectivity index (χ1) is 9.16. The lowest BCUT2D eigenvalue weighted by Crippen LogP contribution is -2.34. The van der Waals surface area contributed by atoms with Crippen LogP contribution in [0, 0.1) is 0 Å². The van der Waals surface area contributed by atoms with E-state index in [9.17, 15) is 4.79 Å². The number of halogens is 1. The summed E-state index contributed by atoms with van der Waals surface area (Å²) in [6.45, 7) is 0.680. The molecule has 19 heavy (non-hydrogen) atoms. The third-order valence-corrected chi connectivity index (χ3v) is 4.06. The minimum Gasteiger partial charge on any atom is -0.368 e. The zero-order valence-corrected chi connectivity index (χ0v) is 11.9. The lowest BCUT2D eigenvalue weighted by atomic mass is 10.1. The molecule has 3 nitrogen and oxygen atoms in total. The molecule has 0 spiro atoms. The van der Waals surface area contributed by atoms with Crippen LogP contribution in [0.5, 0.6) is 0 Å². The number of primary amides is 1. The third kappa shape index (κ3) is 4.06. The maximum absolute atomic E-state index is 11.5. The molecular weight excluding hydrogens is 280 g/mol. The van der Waals surface area contributed by atoms with Crippen LogP contribution in [0.3, 0.4) is 0 Å². The molecule has 0 saturated carbocycles. The average molecular weight is 295 g/mol. The number of carbonyl (C=O) groups excluding carboxylic acids is 1. The van der Waals surface area contributed by atoms with Crippen molar-refractivity contribution in [1.82, 2.24) is 5.32 Å². The first-order valence-electron chi connectivity index (χ1n) is 5.98. The van der Waals surface area contributed by atoms with Crippen LogP contribution >= 0.6 is 22.9 Å². The predicted molar refractivity (Wildman–Crippen MR) is 79.4 cm³/mol. The molecule has 1 aromatic carbocycles. The van der Waals surface area contributed by atoms with Gasteiger partial charge in [0, 0.05) is 11.4 Å².